The molecule has 0 aromatic heterocycles. The number of amides is 3. The van der Waals surface area contributed by atoms with E-state index in [4.69, 9.17) is 11.6 Å². The largest absolute Gasteiger partial charge is 0.374 e. The van der Waals surface area contributed by atoms with Gasteiger partial charge in [-0.2, -0.15) is 0 Å². The first-order valence-electron chi connectivity index (χ1n) is 5.30. The molecule has 0 unspecified atom stereocenters. The molecule has 0 heterocycles. The molecule has 7 heteroatoms. The number of hydrogen-bond acceptors (Lipinski definition) is 3. The van der Waals surface area contributed by atoms with Crippen molar-refractivity contribution in [1.82, 2.24) is 10.6 Å². The molecule has 0 atom stereocenters. The number of anilines is 1. The third-order valence-corrected chi connectivity index (χ3v) is 2.27. The van der Waals surface area contributed by atoms with Gasteiger partial charge < -0.3 is 10.6 Å². The van der Waals surface area contributed by atoms with Crippen molar-refractivity contribution in [3.8, 4) is 0 Å². The standard InChI is InChI=1S/C11H13ClFN3O2/c1-2-14-11(18)16-9(17)6-15-8-5-3-4-7(12)10(8)13/h3-5,15H,2,6H2,1H3,(H2,14,16,17,18). The zero-order chi connectivity index (χ0) is 13.5. The molecule has 0 aliphatic heterocycles. The van der Waals surface area contributed by atoms with Gasteiger partial charge in [-0.15, -0.1) is 0 Å². The maximum atomic E-state index is 13.4. The molecule has 1 aromatic rings. The second-order valence-corrected chi connectivity index (χ2v) is 3.77. The van der Waals surface area contributed by atoms with E-state index >= 15 is 0 Å². The Balaban J connectivity index is 2.48. The molecule has 3 N–H and O–H groups in total. The van der Waals surface area contributed by atoms with Crippen molar-refractivity contribution in [1.29, 1.82) is 0 Å². The average molecular weight is 274 g/mol. The monoisotopic (exact) mass is 273 g/mol. The van der Waals surface area contributed by atoms with Gasteiger partial charge in [0.1, 0.15) is 0 Å². The second-order valence-electron chi connectivity index (χ2n) is 3.36. The summed E-state index contributed by atoms with van der Waals surface area (Å²) in [5, 5.41) is 6.99. The Kier molecular flexibility index (Phi) is 5.38. The highest BCUT2D eigenvalue weighted by Gasteiger charge is 2.09. The van der Waals surface area contributed by atoms with Gasteiger partial charge in [0.2, 0.25) is 5.91 Å². The molecule has 0 saturated carbocycles. The molecule has 1 aromatic carbocycles. The Labute approximate surface area is 109 Å². The number of benzene rings is 1. The molecule has 0 saturated heterocycles. The van der Waals surface area contributed by atoms with Gasteiger partial charge in [-0.1, -0.05) is 17.7 Å². The zero-order valence-electron chi connectivity index (χ0n) is 9.72. The van der Waals surface area contributed by atoms with E-state index in [0.29, 0.717) is 6.54 Å². The lowest BCUT2D eigenvalue weighted by Crippen LogP contribution is -2.41. The van der Waals surface area contributed by atoms with Gasteiger partial charge in [-0.3, -0.25) is 10.1 Å². The predicted octanol–water partition coefficient (Wildman–Crippen LogP) is 1.74. The van der Waals surface area contributed by atoms with Crippen LogP contribution in [0.15, 0.2) is 18.2 Å². The van der Waals surface area contributed by atoms with E-state index in [2.05, 4.69) is 16.0 Å². The molecule has 0 radical (unpaired) electrons. The van der Waals surface area contributed by atoms with E-state index < -0.39 is 17.8 Å². The third-order valence-electron chi connectivity index (χ3n) is 1.98. The first-order chi connectivity index (χ1) is 8.54. The number of urea groups is 1. The molecule has 5 nitrogen and oxygen atoms in total. The quantitative estimate of drug-likeness (QED) is 0.782. The van der Waals surface area contributed by atoms with Crippen molar-refractivity contribution >= 4 is 29.2 Å². The first-order valence-corrected chi connectivity index (χ1v) is 5.68. The Morgan fingerprint density at radius 2 is 2.11 bits per heavy atom. The number of rotatable bonds is 4. The average Bonchev–Trinajstić information content (AvgIpc) is 2.31. The number of hydrogen-bond donors (Lipinski definition) is 3. The van der Waals surface area contributed by atoms with Crippen LogP contribution in [0.25, 0.3) is 0 Å². The highest BCUT2D eigenvalue weighted by Crippen LogP contribution is 2.21. The van der Waals surface area contributed by atoms with E-state index in [1.54, 1.807) is 13.0 Å². The van der Waals surface area contributed by atoms with Crippen LogP contribution >= 0.6 is 11.6 Å². The highest BCUT2D eigenvalue weighted by molar-refractivity contribution is 6.31. The number of carbonyl (C=O) groups excluding carboxylic acids is 2. The first kappa shape index (κ1) is 14.2. The molecular weight excluding hydrogens is 261 g/mol. The van der Waals surface area contributed by atoms with Gasteiger partial charge in [0.15, 0.2) is 5.82 Å². The van der Waals surface area contributed by atoms with E-state index in [1.165, 1.54) is 12.1 Å². The summed E-state index contributed by atoms with van der Waals surface area (Å²) < 4.78 is 13.4. The summed E-state index contributed by atoms with van der Waals surface area (Å²) in [5.74, 6) is -1.20. The fourth-order valence-corrected chi connectivity index (χ4v) is 1.37. The Hall–Kier alpha value is -1.82. The lowest BCUT2D eigenvalue weighted by molar-refractivity contribution is -0.118. The number of halogens is 2. The molecule has 0 aliphatic carbocycles. The summed E-state index contributed by atoms with van der Waals surface area (Å²) >= 11 is 5.58. The molecular formula is C11H13ClFN3O2. The van der Waals surface area contributed by atoms with E-state index in [1.807, 2.05) is 0 Å². The third kappa shape index (κ3) is 4.21. The summed E-state index contributed by atoms with van der Waals surface area (Å²) in [4.78, 5) is 22.3. The number of carbonyl (C=O) groups is 2. The lowest BCUT2D eigenvalue weighted by atomic mass is 10.3. The highest BCUT2D eigenvalue weighted by atomic mass is 35.5. The zero-order valence-corrected chi connectivity index (χ0v) is 10.5. The van der Waals surface area contributed by atoms with Crippen LogP contribution in [0.2, 0.25) is 5.02 Å². The van der Waals surface area contributed by atoms with E-state index in [0.717, 1.165) is 0 Å². The van der Waals surface area contributed by atoms with Gasteiger partial charge in [0.05, 0.1) is 17.3 Å². The Morgan fingerprint density at radius 3 is 2.78 bits per heavy atom. The molecule has 18 heavy (non-hydrogen) atoms. The van der Waals surface area contributed by atoms with Crippen molar-refractivity contribution in [3.05, 3.63) is 29.0 Å². The Morgan fingerprint density at radius 1 is 1.39 bits per heavy atom. The van der Waals surface area contributed by atoms with Crippen LogP contribution < -0.4 is 16.0 Å². The summed E-state index contributed by atoms with van der Waals surface area (Å²) in [7, 11) is 0. The minimum atomic E-state index is -0.634. The lowest BCUT2D eigenvalue weighted by Gasteiger charge is -2.08. The maximum absolute atomic E-state index is 13.4. The topological polar surface area (TPSA) is 70.2 Å². The normalized spacial score (nSPS) is 9.72. The van der Waals surface area contributed by atoms with Crippen LogP contribution in [-0.4, -0.2) is 25.0 Å². The molecule has 0 bridgehead atoms. The van der Waals surface area contributed by atoms with Gasteiger partial charge in [-0.25, -0.2) is 9.18 Å². The van der Waals surface area contributed by atoms with Crippen LogP contribution in [0.3, 0.4) is 0 Å². The number of nitrogens with one attached hydrogen (secondary N) is 3. The molecule has 0 aliphatic rings. The van der Waals surface area contributed by atoms with Crippen molar-refractivity contribution in [2.45, 2.75) is 6.92 Å². The molecule has 3 amide bonds. The van der Waals surface area contributed by atoms with Crippen LogP contribution in [-0.2, 0) is 4.79 Å². The van der Waals surface area contributed by atoms with Crippen LogP contribution in [0, 0.1) is 5.82 Å². The SMILES string of the molecule is CCNC(=O)NC(=O)CNc1cccc(Cl)c1F. The summed E-state index contributed by atoms with van der Waals surface area (Å²) in [6.45, 7) is 1.91. The minimum Gasteiger partial charge on any atom is -0.374 e. The molecule has 0 spiro atoms. The summed E-state index contributed by atoms with van der Waals surface area (Å²) in [6.07, 6.45) is 0. The minimum absolute atomic E-state index is 0.0378. The predicted molar refractivity (Wildman–Crippen MR) is 67.1 cm³/mol. The van der Waals surface area contributed by atoms with Gasteiger partial charge in [-0.05, 0) is 19.1 Å². The van der Waals surface area contributed by atoms with Crippen LogP contribution in [0.4, 0.5) is 14.9 Å². The fraction of sp³-hybridized carbons (Fsp3) is 0.273. The fourth-order valence-electron chi connectivity index (χ4n) is 1.19. The van der Waals surface area contributed by atoms with Gasteiger partial charge in [0, 0.05) is 6.54 Å². The van der Waals surface area contributed by atoms with Crippen LogP contribution in [0.1, 0.15) is 6.92 Å². The summed E-state index contributed by atoms with van der Waals surface area (Å²) in [6, 6.07) is 3.81. The second kappa shape index (κ2) is 6.80. The molecule has 0 fully saturated rings. The summed E-state index contributed by atoms with van der Waals surface area (Å²) in [5.41, 5.74) is 0.105. The van der Waals surface area contributed by atoms with Gasteiger partial charge >= 0.3 is 6.03 Å². The van der Waals surface area contributed by atoms with Crippen LogP contribution in [0.5, 0.6) is 0 Å². The van der Waals surface area contributed by atoms with Crippen molar-refractivity contribution < 1.29 is 14.0 Å². The smallest absolute Gasteiger partial charge is 0.321 e. The van der Waals surface area contributed by atoms with Crippen molar-refractivity contribution in [3.63, 3.8) is 0 Å². The Bertz CT molecular complexity index is 454. The number of imide groups is 1. The van der Waals surface area contributed by atoms with Gasteiger partial charge in [0.25, 0.3) is 0 Å². The van der Waals surface area contributed by atoms with E-state index in [9.17, 15) is 14.0 Å². The van der Waals surface area contributed by atoms with Crippen molar-refractivity contribution in [2.24, 2.45) is 0 Å². The van der Waals surface area contributed by atoms with Crippen molar-refractivity contribution in [2.75, 3.05) is 18.4 Å². The maximum Gasteiger partial charge on any atom is 0.321 e. The van der Waals surface area contributed by atoms with E-state index in [-0.39, 0.29) is 17.3 Å². The molecule has 1 rings (SSSR count). The molecule has 98 valence electrons.